The maximum atomic E-state index is 8.70. The quantitative estimate of drug-likeness (QED) is 0.819. The molecule has 0 aromatic heterocycles. The molecule has 0 bridgehead atoms. The van der Waals surface area contributed by atoms with Crippen LogP contribution in [0.25, 0.3) is 6.08 Å². The Morgan fingerprint density at radius 3 is 3.00 bits per heavy atom. The predicted octanol–water partition coefficient (Wildman–Crippen LogP) is 2.57. The van der Waals surface area contributed by atoms with Gasteiger partial charge < -0.3 is 5.73 Å². The zero-order valence-electron chi connectivity index (χ0n) is 9.53. The van der Waals surface area contributed by atoms with Crippen molar-refractivity contribution in [2.45, 2.75) is 32.2 Å². The molecule has 0 amide bonds. The van der Waals surface area contributed by atoms with Gasteiger partial charge in [0.25, 0.3) is 0 Å². The molecule has 1 atom stereocenters. The molecule has 16 heavy (non-hydrogen) atoms. The minimum Gasteiger partial charge on any atom is -0.316 e. The second-order valence-electron chi connectivity index (χ2n) is 4.44. The lowest BCUT2D eigenvalue weighted by atomic mass is 9.89. The van der Waals surface area contributed by atoms with E-state index in [2.05, 4.69) is 37.3 Å². The van der Waals surface area contributed by atoms with Crippen LogP contribution in [0.15, 0.2) is 23.8 Å². The normalized spacial score (nSPS) is 15.9. The molecule has 82 valence electrons. The molecular formula is C14H16N2. The lowest BCUT2D eigenvalue weighted by Crippen LogP contribution is -2.18. The molecule has 0 unspecified atom stereocenters. The van der Waals surface area contributed by atoms with E-state index in [0.29, 0.717) is 6.42 Å². The molecule has 2 N–H and O–H groups in total. The van der Waals surface area contributed by atoms with Crippen molar-refractivity contribution in [3.8, 4) is 6.07 Å². The van der Waals surface area contributed by atoms with Crippen LogP contribution < -0.4 is 5.73 Å². The van der Waals surface area contributed by atoms with Crippen molar-refractivity contribution in [1.82, 2.24) is 0 Å². The molecule has 2 rings (SSSR count). The first kappa shape index (κ1) is 10.9. The minimum absolute atomic E-state index is 0.363. The van der Waals surface area contributed by atoms with Crippen LogP contribution in [0.5, 0.6) is 0 Å². The highest BCUT2D eigenvalue weighted by Crippen LogP contribution is 2.26. The van der Waals surface area contributed by atoms with Crippen molar-refractivity contribution in [3.63, 3.8) is 0 Å². The maximum absolute atomic E-state index is 8.70. The van der Waals surface area contributed by atoms with Gasteiger partial charge in [0.1, 0.15) is 0 Å². The molecule has 2 nitrogen and oxygen atoms in total. The molecule has 1 aliphatic carbocycles. The maximum Gasteiger partial charge on any atom is 0.0965 e. The Morgan fingerprint density at radius 2 is 2.25 bits per heavy atom. The number of nitrogens with zero attached hydrogens (tertiary/aromatic N) is 1. The molecule has 1 aliphatic rings. The predicted molar refractivity (Wildman–Crippen MR) is 65.7 cm³/mol. The van der Waals surface area contributed by atoms with Gasteiger partial charge in [0, 0.05) is 0 Å². The number of nitriles is 1. The fraction of sp³-hybridized carbons (Fsp3) is 0.357. The van der Waals surface area contributed by atoms with Crippen LogP contribution in [0, 0.1) is 18.3 Å². The summed E-state index contributed by atoms with van der Waals surface area (Å²) in [7, 11) is 0. The van der Waals surface area contributed by atoms with Crippen LogP contribution >= 0.6 is 0 Å². The van der Waals surface area contributed by atoms with Crippen molar-refractivity contribution in [2.75, 3.05) is 0 Å². The number of hydrogen-bond donors (Lipinski definition) is 1. The number of aryl methyl sites for hydroxylation is 2. The van der Waals surface area contributed by atoms with E-state index in [1.165, 1.54) is 22.3 Å². The van der Waals surface area contributed by atoms with Gasteiger partial charge in [-0.1, -0.05) is 35.4 Å². The van der Waals surface area contributed by atoms with Crippen molar-refractivity contribution in [1.29, 1.82) is 5.26 Å². The first-order chi connectivity index (χ1) is 7.69. The summed E-state index contributed by atoms with van der Waals surface area (Å²) in [6.45, 7) is 2.10. The van der Waals surface area contributed by atoms with Gasteiger partial charge in [-0.2, -0.15) is 5.26 Å². The van der Waals surface area contributed by atoms with E-state index in [9.17, 15) is 0 Å². The average molecular weight is 212 g/mol. The van der Waals surface area contributed by atoms with Crippen LogP contribution in [0.2, 0.25) is 0 Å². The van der Waals surface area contributed by atoms with Crippen molar-refractivity contribution in [3.05, 3.63) is 40.5 Å². The van der Waals surface area contributed by atoms with E-state index < -0.39 is 0 Å². The van der Waals surface area contributed by atoms with E-state index >= 15 is 0 Å². The molecule has 0 radical (unpaired) electrons. The van der Waals surface area contributed by atoms with Gasteiger partial charge in [0.05, 0.1) is 12.1 Å². The van der Waals surface area contributed by atoms with Gasteiger partial charge in [-0.15, -0.1) is 0 Å². The van der Waals surface area contributed by atoms with E-state index in [0.717, 1.165) is 12.8 Å². The molecule has 0 spiro atoms. The number of rotatable bonds is 2. The Morgan fingerprint density at radius 1 is 1.44 bits per heavy atom. The SMILES string of the molecule is Cc1ccc2c(c1)C=C(C[C@H](N)C#N)CC2. The smallest absolute Gasteiger partial charge is 0.0965 e. The van der Waals surface area contributed by atoms with Gasteiger partial charge >= 0.3 is 0 Å². The van der Waals surface area contributed by atoms with Gasteiger partial charge in [-0.05, 0) is 37.3 Å². The van der Waals surface area contributed by atoms with E-state index in [4.69, 9.17) is 11.0 Å². The molecule has 0 aliphatic heterocycles. The van der Waals surface area contributed by atoms with Crippen molar-refractivity contribution < 1.29 is 0 Å². The number of benzene rings is 1. The summed E-state index contributed by atoms with van der Waals surface area (Å²) >= 11 is 0. The molecule has 1 aromatic carbocycles. The van der Waals surface area contributed by atoms with Crippen LogP contribution in [0.4, 0.5) is 0 Å². The Balaban J connectivity index is 2.24. The summed E-state index contributed by atoms with van der Waals surface area (Å²) in [5.74, 6) is 0. The highest BCUT2D eigenvalue weighted by molar-refractivity contribution is 5.60. The standard InChI is InChI=1S/C14H16N2/c1-10-2-4-12-5-3-11(7-13(12)6-10)8-14(16)9-15/h2,4,6-7,14H,3,5,8,16H2,1H3/t14-/m0/s1. The number of fused-ring (bicyclic) bond motifs is 1. The van der Waals surface area contributed by atoms with Crippen LogP contribution in [-0.4, -0.2) is 6.04 Å². The molecule has 0 heterocycles. The Labute approximate surface area is 96.4 Å². The summed E-state index contributed by atoms with van der Waals surface area (Å²) in [5, 5.41) is 8.70. The van der Waals surface area contributed by atoms with E-state index in [1.807, 2.05) is 0 Å². The summed E-state index contributed by atoms with van der Waals surface area (Å²) in [4.78, 5) is 0. The van der Waals surface area contributed by atoms with Gasteiger partial charge in [-0.25, -0.2) is 0 Å². The third-order valence-corrected chi connectivity index (χ3v) is 3.02. The Bertz CT molecular complexity index is 466. The fourth-order valence-electron chi connectivity index (χ4n) is 2.15. The molecule has 0 fully saturated rings. The number of nitrogens with two attached hydrogens (primary N) is 1. The zero-order valence-corrected chi connectivity index (χ0v) is 9.53. The third kappa shape index (κ3) is 2.32. The molecule has 0 saturated heterocycles. The first-order valence-corrected chi connectivity index (χ1v) is 5.63. The summed E-state index contributed by atoms with van der Waals surface area (Å²) < 4.78 is 0. The van der Waals surface area contributed by atoms with Crippen LogP contribution in [-0.2, 0) is 6.42 Å². The van der Waals surface area contributed by atoms with Crippen LogP contribution in [0.3, 0.4) is 0 Å². The second-order valence-corrected chi connectivity index (χ2v) is 4.44. The summed E-state index contributed by atoms with van der Waals surface area (Å²) in [6.07, 6.45) is 5.00. The van der Waals surface area contributed by atoms with E-state index in [1.54, 1.807) is 0 Å². The van der Waals surface area contributed by atoms with Crippen LogP contribution in [0.1, 0.15) is 29.5 Å². The minimum atomic E-state index is -0.363. The number of hydrogen-bond acceptors (Lipinski definition) is 2. The summed E-state index contributed by atoms with van der Waals surface area (Å²) in [5.41, 5.74) is 10.9. The Hall–Kier alpha value is -1.59. The summed E-state index contributed by atoms with van der Waals surface area (Å²) in [6, 6.07) is 8.27. The zero-order chi connectivity index (χ0) is 11.5. The Kier molecular flexibility index (Phi) is 3.07. The fourth-order valence-corrected chi connectivity index (χ4v) is 2.15. The third-order valence-electron chi connectivity index (χ3n) is 3.02. The van der Waals surface area contributed by atoms with Gasteiger partial charge in [0.15, 0.2) is 0 Å². The van der Waals surface area contributed by atoms with Crippen molar-refractivity contribution >= 4 is 6.08 Å². The largest absolute Gasteiger partial charge is 0.316 e. The average Bonchev–Trinajstić information content (AvgIpc) is 2.28. The molecular weight excluding hydrogens is 196 g/mol. The highest BCUT2D eigenvalue weighted by Gasteiger charge is 2.12. The van der Waals surface area contributed by atoms with Gasteiger partial charge in [-0.3, -0.25) is 0 Å². The lowest BCUT2D eigenvalue weighted by molar-refractivity contribution is 0.763. The lowest BCUT2D eigenvalue weighted by Gasteiger charge is -2.17. The topological polar surface area (TPSA) is 49.8 Å². The molecule has 1 aromatic rings. The van der Waals surface area contributed by atoms with Crippen molar-refractivity contribution in [2.24, 2.45) is 5.73 Å². The molecule has 0 saturated carbocycles. The van der Waals surface area contributed by atoms with E-state index in [-0.39, 0.29) is 6.04 Å². The molecule has 2 heteroatoms. The first-order valence-electron chi connectivity index (χ1n) is 5.63. The highest BCUT2D eigenvalue weighted by atomic mass is 14.6. The van der Waals surface area contributed by atoms with Gasteiger partial charge in [0.2, 0.25) is 0 Å². The monoisotopic (exact) mass is 212 g/mol. The second kappa shape index (κ2) is 4.51.